The van der Waals surface area contributed by atoms with Gasteiger partial charge in [0.25, 0.3) is 5.56 Å². The van der Waals surface area contributed by atoms with E-state index >= 15 is 0 Å². The van der Waals surface area contributed by atoms with Crippen molar-refractivity contribution in [1.29, 1.82) is 5.26 Å². The van der Waals surface area contributed by atoms with E-state index < -0.39 is 0 Å². The first-order valence-electron chi connectivity index (χ1n) is 4.30. The summed E-state index contributed by atoms with van der Waals surface area (Å²) in [5, 5.41) is 9.34. The van der Waals surface area contributed by atoms with Gasteiger partial charge in [-0.3, -0.25) is 4.79 Å². The van der Waals surface area contributed by atoms with Crippen molar-refractivity contribution in [3.05, 3.63) is 21.6 Å². The van der Waals surface area contributed by atoms with E-state index in [1.165, 1.54) is 11.8 Å². The maximum Gasteiger partial charge on any atom is 0.269 e. The van der Waals surface area contributed by atoms with Gasteiger partial charge in [0, 0.05) is 0 Å². The van der Waals surface area contributed by atoms with Crippen LogP contribution >= 0.6 is 11.8 Å². The van der Waals surface area contributed by atoms with Crippen LogP contribution in [0, 0.1) is 11.3 Å². The first-order valence-corrected chi connectivity index (χ1v) is 5.52. The second-order valence-corrected chi connectivity index (χ2v) is 3.55. The SMILES string of the molecule is CCCc1nc(SC)[nH]c(=O)c1C#N. The zero-order valence-electron chi connectivity index (χ0n) is 8.13. The highest BCUT2D eigenvalue weighted by Gasteiger charge is 2.09. The Kier molecular flexibility index (Phi) is 3.72. The molecule has 0 unspecified atom stereocenters. The molecule has 0 aromatic carbocycles. The van der Waals surface area contributed by atoms with Crippen molar-refractivity contribution >= 4 is 11.8 Å². The average Bonchev–Trinajstić information content (AvgIpc) is 2.18. The molecule has 1 aromatic rings. The lowest BCUT2D eigenvalue weighted by Crippen LogP contribution is -2.16. The molecule has 0 spiro atoms. The van der Waals surface area contributed by atoms with Crippen LogP contribution in [0.15, 0.2) is 9.95 Å². The molecule has 5 heteroatoms. The van der Waals surface area contributed by atoms with E-state index in [1.54, 1.807) is 0 Å². The van der Waals surface area contributed by atoms with Crippen LogP contribution < -0.4 is 5.56 Å². The number of nitrogens with zero attached hydrogens (tertiary/aromatic N) is 2. The van der Waals surface area contributed by atoms with E-state index in [4.69, 9.17) is 5.26 Å². The molecule has 14 heavy (non-hydrogen) atoms. The van der Waals surface area contributed by atoms with Gasteiger partial charge in [-0.1, -0.05) is 25.1 Å². The minimum absolute atomic E-state index is 0.143. The fourth-order valence-corrected chi connectivity index (χ4v) is 1.52. The summed E-state index contributed by atoms with van der Waals surface area (Å²) >= 11 is 1.37. The van der Waals surface area contributed by atoms with Crippen molar-refractivity contribution in [2.45, 2.75) is 24.9 Å². The zero-order valence-corrected chi connectivity index (χ0v) is 8.94. The van der Waals surface area contributed by atoms with Crippen molar-refractivity contribution in [2.75, 3.05) is 6.26 Å². The lowest BCUT2D eigenvalue weighted by atomic mass is 10.1. The van der Waals surface area contributed by atoms with Crippen molar-refractivity contribution in [3.8, 4) is 6.07 Å². The number of thioether (sulfide) groups is 1. The molecular weight excluding hydrogens is 198 g/mol. The largest absolute Gasteiger partial charge is 0.300 e. The molecule has 0 atom stereocenters. The van der Waals surface area contributed by atoms with Crippen molar-refractivity contribution in [1.82, 2.24) is 9.97 Å². The normalized spacial score (nSPS) is 9.79. The second-order valence-electron chi connectivity index (χ2n) is 2.76. The van der Waals surface area contributed by atoms with Crippen LogP contribution in [0.2, 0.25) is 0 Å². The number of nitrogens with one attached hydrogen (secondary N) is 1. The third-order valence-corrected chi connectivity index (χ3v) is 2.34. The smallest absolute Gasteiger partial charge is 0.269 e. The zero-order chi connectivity index (χ0) is 10.6. The molecule has 0 bridgehead atoms. The molecule has 1 aromatic heterocycles. The monoisotopic (exact) mass is 209 g/mol. The maximum atomic E-state index is 11.4. The number of nitriles is 1. The molecule has 0 aliphatic carbocycles. The van der Waals surface area contributed by atoms with Gasteiger partial charge < -0.3 is 4.98 Å². The fourth-order valence-electron chi connectivity index (χ4n) is 1.13. The summed E-state index contributed by atoms with van der Waals surface area (Å²) in [5.74, 6) is 0. The van der Waals surface area contributed by atoms with Crippen molar-refractivity contribution < 1.29 is 0 Å². The van der Waals surface area contributed by atoms with Gasteiger partial charge in [-0.25, -0.2) is 4.98 Å². The predicted octanol–water partition coefficient (Wildman–Crippen LogP) is 1.32. The van der Waals surface area contributed by atoms with E-state index in [9.17, 15) is 4.79 Å². The van der Waals surface area contributed by atoms with Crippen molar-refractivity contribution in [2.24, 2.45) is 0 Å². The third-order valence-electron chi connectivity index (χ3n) is 1.76. The number of aromatic nitrogens is 2. The van der Waals surface area contributed by atoms with Gasteiger partial charge in [0.15, 0.2) is 5.16 Å². The molecule has 74 valence electrons. The Morgan fingerprint density at radius 3 is 2.86 bits per heavy atom. The number of rotatable bonds is 3. The Labute approximate surface area is 86.4 Å². The summed E-state index contributed by atoms with van der Waals surface area (Å²) in [4.78, 5) is 18.1. The van der Waals surface area contributed by atoms with Gasteiger partial charge in [-0.2, -0.15) is 5.26 Å². The fraction of sp³-hybridized carbons (Fsp3) is 0.444. The van der Waals surface area contributed by atoms with Crippen LogP contribution in [0.4, 0.5) is 0 Å². The Bertz CT molecular complexity index is 419. The molecule has 0 fully saturated rings. The highest BCUT2D eigenvalue weighted by Crippen LogP contribution is 2.09. The van der Waals surface area contributed by atoms with E-state index in [-0.39, 0.29) is 11.1 Å². The maximum absolute atomic E-state index is 11.4. The summed E-state index contributed by atoms with van der Waals surface area (Å²) in [6.07, 6.45) is 3.37. The Balaban J connectivity index is 3.30. The van der Waals surface area contributed by atoms with Crippen LogP contribution in [0.1, 0.15) is 24.6 Å². The summed E-state index contributed by atoms with van der Waals surface area (Å²) in [6, 6.07) is 1.88. The van der Waals surface area contributed by atoms with E-state index in [0.29, 0.717) is 17.3 Å². The van der Waals surface area contributed by atoms with E-state index in [0.717, 1.165) is 6.42 Å². The molecule has 4 nitrogen and oxygen atoms in total. The van der Waals surface area contributed by atoms with Crippen LogP contribution in [0.5, 0.6) is 0 Å². The van der Waals surface area contributed by atoms with E-state index in [2.05, 4.69) is 9.97 Å². The average molecular weight is 209 g/mol. The molecule has 0 radical (unpaired) electrons. The molecule has 0 aliphatic rings. The first-order chi connectivity index (χ1) is 6.72. The minimum Gasteiger partial charge on any atom is -0.300 e. The lowest BCUT2D eigenvalue weighted by molar-refractivity contribution is 0.810. The van der Waals surface area contributed by atoms with Crippen molar-refractivity contribution in [3.63, 3.8) is 0 Å². The van der Waals surface area contributed by atoms with Crippen LogP contribution in [-0.4, -0.2) is 16.2 Å². The predicted molar refractivity (Wildman–Crippen MR) is 55.3 cm³/mol. The molecule has 0 saturated heterocycles. The van der Waals surface area contributed by atoms with Gasteiger partial charge in [0.2, 0.25) is 0 Å². The Morgan fingerprint density at radius 2 is 2.36 bits per heavy atom. The number of hydrogen-bond donors (Lipinski definition) is 1. The van der Waals surface area contributed by atoms with E-state index in [1.807, 2.05) is 19.2 Å². The van der Waals surface area contributed by atoms with Crippen LogP contribution in [-0.2, 0) is 6.42 Å². The van der Waals surface area contributed by atoms with Crippen LogP contribution in [0.25, 0.3) is 0 Å². The summed E-state index contributed by atoms with van der Waals surface area (Å²) in [7, 11) is 0. The van der Waals surface area contributed by atoms with Gasteiger partial charge in [-0.05, 0) is 12.7 Å². The minimum atomic E-state index is -0.338. The second kappa shape index (κ2) is 4.82. The molecular formula is C9H11N3OS. The molecule has 1 N–H and O–H groups in total. The molecule has 1 rings (SSSR count). The number of aromatic amines is 1. The molecule has 0 saturated carbocycles. The van der Waals surface area contributed by atoms with Gasteiger partial charge >= 0.3 is 0 Å². The standard InChI is InChI=1S/C9H11N3OS/c1-3-4-7-6(5-10)8(13)12-9(11-7)14-2/h3-4H2,1-2H3,(H,11,12,13). The Morgan fingerprint density at radius 1 is 1.64 bits per heavy atom. The third kappa shape index (κ3) is 2.15. The van der Waals surface area contributed by atoms with Gasteiger partial charge in [0.1, 0.15) is 11.6 Å². The number of aryl methyl sites for hydroxylation is 1. The topological polar surface area (TPSA) is 69.5 Å². The Hall–Kier alpha value is -1.28. The highest BCUT2D eigenvalue weighted by atomic mass is 32.2. The first kappa shape index (κ1) is 10.8. The number of H-pyrrole nitrogens is 1. The van der Waals surface area contributed by atoms with Gasteiger partial charge in [-0.15, -0.1) is 0 Å². The molecule has 1 heterocycles. The van der Waals surface area contributed by atoms with Gasteiger partial charge in [0.05, 0.1) is 5.69 Å². The summed E-state index contributed by atoms with van der Waals surface area (Å²) in [5.41, 5.74) is 0.406. The molecule has 0 aliphatic heterocycles. The number of hydrogen-bond acceptors (Lipinski definition) is 4. The highest BCUT2D eigenvalue weighted by molar-refractivity contribution is 7.98. The quantitative estimate of drug-likeness (QED) is 0.602. The summed E-state index contributed by atoms with van der Waals surface area (Å²) in [6.45, 7) is 1.99. The summed E-state index contributed by atoms with van der Waals surface area (Å²) < 4.78 is 0. The van der Waals surface area contributed by atoms with Crippen LogP contribution in [0.3, 0.4) is 0 Å². The lowest BCUT2D eigenvalue weighted by Gasteiger charge is -2.02. The molecule has 0 amide bonds.